The summed E-state index contributed by atoms with van der Waals surface area (Å²) < 4.78 is 13.9. The SMILES string of the molecule is CN=C(NCc1ccccc1C)NC1CCN(c2ncccc2F)C1. The Morgan fingerprint density at radius 1 is 1.32 bits per heavy atom. The molecular weight excluding hydrogens is 317 g/mol. The van der Waals surface area contributed by atoms with Gasteiger partial charge in [-0.25, -0.2) is 9.37 Å². The van der Waals surface area contributed by atoms with Crippen LogP contribution in [-0.2, 0) is 6.54 Å². The molecule has 1 fully saturated rings. The van der Waals surface area contributed by atoms with Gasteiger partial charge in [0.15, 0.2) is 17.6 Å². The predicted octanol–water partition coefficient (Wildman–Crippen LogP) is 2.47. The number of anilines is 1. The van der Waals surface area contributed by atoms with Crippen molar-refractivity contribution in [1.82, 2.24) is 15.6 Å². The van der Waals surface area contributed by atoms with E-state index in [1.165, 1.54) is 17.2 Å². The number of hydrogen-bond donors (Lipinski definition) is 2. The minimum atomic E-state index is -0.273. The van der Waals surface area contributed by atoms with E-state index in [2.05, 4.69) is 39.7 Å². The van der Waals surface area contributed by atoms with Crippen LogP contribution in [0.5, 0.6) is 0 Å². The summed E-state index contributed by atoms with van der Waals surface area (Å²) in [7, 11) is 1.76. The largest absolute Gasteiger partial charge is 0.352 e. The molecule has 5 nitrogen and oxygen atoms in total. The number of halogens is 1. The molecule has 0 radical (unpaired) electrons. The second-order valence-electron chi connectivity index (χ2n) is 6.24. The molecule has 0 bridgehead atoms. The van der Waals surface area contributed by atoms with Gasteiger partial charge in [-0.05, 0) is 36.6 Å². The highest BCUT2D eigenvalue weighted by Crippen LogP contribution is 2.20. The predicted molar refractivity (Wildman–Crippen MR) is 99.3 cm³/mol. The minimum Gasteiger partial charge on any atom is -0.352 e. The number of aryl methyl sites for hydroxylation is 1. The average molecular weight is 341 g/mol. The molecule has 0 aliphatic carbocycles. The topological polar surface area (TPSA) is 52.6 Å². The maximum atomic E-state index is 13.9. The quantitative estimate of drug-likeness (QED) is 0.663. The Kier molecular flexibility index (Phi) is 5.48. The van der Waals surface area contributed by atoms with Crippen molar-refractivity contribution in [2.75, 3.05) is 25.0 Å². The van der Waals surface area contributed by atoms with Crippen LogP contribution in [-0.4, -0.2) is 37.1 Å². The molecule has 1 saturated heterocycles. The number of aromatic nitrogens is 1. The van der Waals surface area contributed by atoms with E-state index in [4.69, 9.17) is 0 Å². The van der Waals surface area contributed by atoms with E-state index in [1.54, 1.807) is 19.3 Å². The van der Waals surface area contributed by atoms with Gasteiger partial charge < -0.3 is 15.5 Å². The van der Waals surface area contributed by atoms with Crippen LogP contribution in [0.15, 0.2) is 47.6 Å². The van der Waals surface area contributed by atoms with Crippen LogP contribution in [0.4, 0.5) is 10.2 Å². The molecule has 1 atom stereocenters. The molecule has 2 heterocycles. The lowest BCUT2D eigenvalue weighted by atomic mass is 10.1. The van der Waals surface area contributed by atoms with E-state index < -0.39 is 0 Å². The lowest BCUT2D eigenvalue weighted by Crippen LogP contribution is -2.44. The van der Waals surface area contributed by atoms with Crippen molar-refractivity contribution < 1.29 is 4.39 Å². The van der Waals surface area contributed by atoms with Crippen LogP contribution < -0.4 is 15.5 Å². The summed E-state index contributed by atoms with van der Waals surface area (Å²) in [5.74, 6) is 0.913. The number of guanidine groups is 1. The van der Waals surface area contributed by atoms with Crippen molar-refractivity contribution in [2.45, 2.75) is 25.9 Å². The monoisotopic (exact) mass is 341 g/mol. The standard InChI is InChI=1S/C19H24FN5/c1-14-6-3-4-7-15(14)12-23-19(21-2)24-16-9-11-25(13-16)18-17(20)8-5-10-22-18/h3-8,10,16H,9,11-13H2,1-2H3,(H2,21,23,24). The highest BCUT2D eigenvalue weighted by molar-refractivity contribution is 5.80. The first-order valence-electron chi connectivity index (χ1n) is 8.54. The van der Waals surface area contributed by atoms with E-state index in [-0.39, 0.29) is 11.9 Å². The van der Waals surface area contributed by atoms with Gasteiger partial charge in [0, 0.05) is 38.9 Å². The molecule has 1 aromatic carbocycles. The van der Waals surface area contributed by atoms with Crippen LogP contribution in [0.2, 0.25) is 0 Å². The number of nitrogens with one attached hydrogen (secondary N) is 2. The summed E-state index contributed by atoms with van der Waals surface area (Å²) in [5, 5.41) is 6.77. The molecule has 6 heteroatoms. The lowest BCUT2D eigenvalue weighted by molar-refractivity contribution is 0.612. The molecule has 132 valence electrons. The third-order valence-corrected chi connectivity index (χ3v) is 4.50. The number of hydrogen-bond acceptors (Lipinski definition) is 3. The molecule has 25 heavy (non-hydrogen) atoms. The van der Waals surface area contributed by atoms with Crippen LogP contribution in [0.1, 0.15) is 17.5 Å². The summed E-state index contributed by atoms with van der Waals surface area (Å²) in [6, 6.07) is 11.6. The van der Waals surface area contributed by atoms with Gasteiger partial charge in [-0.15, -0.1) is 0 Å². The van der Waals surface area contributed by atoms with Crippen molar-refractivity contribution >= 4 is 11.8 Å². The van der Waals surface area contributed by atoms with Crippen LogP contribution in [0.3, 0.4) is 0 Å². The molecule has 1 aliphatic heterocycles. The summed E-state index contributed by atoms with van der Waals surface area (Å²) >= 11 is 0. The minimum absolute atomic E-state index is 0.212. The number of nitrogens with zero attached hydrogens (tertiary/aromatic N) is 3. The van der Waals surface area contributed by atoms with E-state index in [0.717, 1.165) is 25.5 Å². The molecular formula is C19H24FN5. The third-order valence-electron chi connectivity index (χ3n) is 4.50. The fourth-order valence-corrected chi connectivity index (χ4v) is 3.06. The fourth-order valence-electron chi connectivity index (χ4n) is 3.06. The Labute approximate surface area is 148 Å². The summed E-state index contributed by atoms with van der Waals surface area (Å²) in [4.78, 5) is 10.4. The number of rotatable bonds is 4. The summed E-state index contributed by atoms with van der Waals surface area (Å²) in [5.41, 5.74) is 2.50. The van der Waals surface area contributed by atoms with E-state index in [9.17, 15) is 4.39 Å². The van der Waals surface area contributed by atoms with Gasteiger partial charge in [-0.2, -0.15) is 0 Å². The molecule has 1 unspecified atom stereocenters. The van der Waals surface area contributed by atoms with Crippen LogP contribution in [0.25, 0.3) is 0 Å². The maximum Gasteiger partial charge on any atom is 0.191 e. The zero-order chi connectivity index (χ0) is 17.6. The second kappa shape index (κ2) is 7.96. The van der Waals surface area contributed by atoms with Crippen molar-refractivity contribution in [3.05, 3.63) is 59.5 Å². The van der Waals surface area contributed by atoms with Crippen molar-refractivity contribution in [3.8, 4) is 0 Å². The molecule has 3 rings (SSSR count). The van der Waals surface area contributed by atoms with Gasteiger partial charge in [0.2, 0.25) is 0 Å². The number of pyridine rings is 1. The highest BCUT2D eigenvalue weighted by Gasteiger charge is 2.25. The zero-order valence-corrected chi connectivity index (χ0v) is 14.7. The third kappa shape index (κ3) is 4.26. The first-order chi connectivity index (χ1) is 12.2. The molecule has 0 spiro atoms. The zero-order valence-electron chi connectivity index (χ0n) is 14.7. The fraction of sp³-hybridized carbons (Fsp3) is 0.368. The van der Waals surface area contributed by atoms with Gasteiger partial charge in [0.05, 0.1) is 0 Å². The summed E-state index contributed by atoms with van der Waals surface area (Å²) in [6.45, 7) is 4.31. The smallest absolute Gasteiger partial charge is 0.191 e. The lowest BCUT2D eigenvalue weighted by Gasteiger charge is -2.20. The number of benzene rings is 1. The normalized spacial score (nSPS) is 17.6. The Morgan fingerprint density at radius 3 is 2.92 bits per heavy atom. The van der Waals surface area contributed by atoms with Crippen molar-refractivity contribution in [2.24, 2.45) is 4.99 Å². The molecule has 2 N–H and O–H groups in total. The Morgan fingerprint density at radius 2 is 2.16 bits per heavy atom. The van der Waals surface area contributed by atoms with Gasteiger partial charge in [0.1, 0.15) is 0 Å². The van der Waals surface area contributed by atoms with Crippen LogP contribution in [0, 0.1) is 12.7 Å². The van der Waals surface area contributed by atoms with Gasteiger partial charge in [0.25, 0.3) is 0 Å². The van der Waals surface area contributed by atoms with Gasteiger partial charge in [-0.3, -0.25) is 4.99 Å². The molecule has 2 aromatic rings. The van der Waals surface area contributed by atoms with E-state index in [0.29, 0.717) is 12.4 Å². The van der Waals surface area contributed by atoms with Gasteiger partial charge >= 0.3 is 0 Å². The van der Waals surface area contributed by atoms with Crippen molar-refractivity contribution in [1.29, 1.82) is 0 Å². The molecule has 0 saturated carbocycles. The number of aliphatic imine (C=N–C) groups is 1. The Bertz CT molecular complexity index is 746. The average Bonchev–Trinajstić information content (AvgIpc) is 3.08. The van der Waals surface area contributed by atoms with E-state index >= 15 is 0 Å². The summed E-state index contributed by atoms with van der Waals surface area (Å²) in [6.07, 6.45) is 2.54. The van der Waals surface area contributed by atoms with E-state index in [1.807, 2.05) is 17.0 Å². The van der Waals surface area contributed by atoms with Crippen LogP contribution >= 0.6 is 0 Å². The highest BCUT2D eigenvalue weighted by atomic mass is 19.1. The van der Waals surface area contributed by atoms with Gasteiger partial charge in [-0.1, -0.05) is 24.3 Å². The molecule has 1 aromatic heterocycles. The van der Waals surface area contributed by atoms with Crippen molar-refractivity contribution in [3.63, 3.8) is 0 Å². The Hall–Kier alpha value is -2.63. The first kappa shape index (κ1) is 17.2. The molecule has 0 amide bonds. The molecule has 1 aliphatic rings. The second-order valence-corrected chi connectivity index (χ2v) is 6.24. The maximum absolute atomic E-state index is 13.9. The Balaban J connectivity index is 1.55. The first-order valence-corrected chi connectivity index (χ1v) is 8.54.